The molecule has 3 atom stereocenters. The largest absolute Gasteiger partial charge is 0.493 e. The summed E-state index contributed by atoms with van der Waals surface area (Å²) in [6, 6.07) is 12.4. The molecule has 1 saturated heterocycles. The molecule has 2 heterocycles. The number of ether oxygens (including phenoxy) is 3. The highest BCUT2D eigenvalue weighted by Gasteiger charge is 2.32. The van der Waals surface area contributed by atoms with Gasteiger partial charge in [0.25, 0.3) is 0 Å². The number of benzene rings is 2. The molecule has 2 aromatic carbocycles. The molecule has 0 radical (unpaired) electrons. The van der Waals surface area contributed by atoms with E-state index in [0.717, 1.165) is 37.1 Å². The van der Waals surface area contributed by atoms with Crippen molar-refractivity contribution in [2.45, 2.75) is 58.0 Å². The van der Waals surface area contributed by atoms with Crippen LogP contribution < -0.4 is 14.2 Å². The van der Waals surface area contributed by atoms with E-state index < -0.39 is 5.97 Å². The van der Waals surface area contributed by atoms with Gasteiger partial charge in [-0.2, -0.15) is 0 Å². The van der Waals surface area contributed by atoms with Gasteiger partial charge in [0.1, 0.15) is 12.4 Å². The molecule has 1 N–H and O–H groups in total. The second kappa shape index (κ2) is 12.3. The normalized spacial score (nSPS) is 21.0. The van der Waals surface area contributed by atoms with E-state index in [-0.39, 0.29) is 49.8 Å². The topological polar surface area (TPSA) is 106 Å². The summed E-state index contributed by atoms with van der Waals surface area (Å²) >= 11 is 0. The minimum atomic E-state index is -0.695. The molecule has 40 heavy (non-hydrogen) atoms. The second-order valence-electron chi connectivity index (χ2n) is 11.1. The third-order valence-corrected chi connectivity index (χ3v) is 8.47. The minimum absolute atomic E-state index is 0.118. The summed E-state index contributed by atoms with van der Waals surface area (Å²) in [6.07, 6.45) is 3.79. The van der Waals surface area contributed by atoms with Gasteiger partial charge in [-0.25, -0.2) is 0 Å². The van der Waals surface area contributed by atoms with Crippen LogP contribution in [-0.2, 0) is 27.3 Å². The van der Waals surface area contributed by atoms with Crippen LogP contribution in [0.3, 0.4) is 0 Å². The van der Waals surface area contributed by atoms with Crippen LogP contribution in [0.4, 0.5) is 0 Å². The van der Waals surface area contributed by atoms with Gasteiger partial charge in [-0.15, -0.1) is 0 Å². The van der Waals surface area contributed by atoms with Crippen LogP contribution in [0, 0.1) is 11.8 Å². The molecule has 9 heteroatoms. The van der Waals surface area contributed by atoms with E-state index in [1.54, 1.807) is 7.11 Å². The number of methoxy groups -OCH3 is 1. The van der Waals surface area contributed by atoms with Crippen molar-refractivity contribution in [3.05, 3.63) is 53.1 Å². The number of carbonyl (C=O) groups is 3. The predicted octanol–water partition coefficient (Wildman–Crippen LogP) is 4.22. The van der Waals surface area contributed by atoms with E-state index in [1.165, 1.54) is 16.0 Å². The Morgan fingerprint density at radius 2 is 1.90 bits per heavy atom. The number of likely N-dealkylation sites (tertiary alicyclic amines) is 1. The first kappa shape index (κ1) is 28.0. The van der Waals surface area contributed by atoms with Crippen molar-refractivity contribution in [3.8, 4) is 17.2 Å². The zero-order valence-electron chi connectivity index (χ0n) is 23.3. The Bertz CT molecular complexity index is 1250. The van der Waals surface area contributed by atoms with E-state index in [2.05, 4.69) is 30.0 Å². The van der Waals surface area contributed by atoms with Gasteiger partial charge in [0, 0.05) is 38.4 Å². The summed E-state index contributed by atoms with van der Waals surface area (Å²) in [5, 5.41) is 9.52. The molecule has 0 unspecified atom stereocenters. The average molecular weight is 551 g/mol. The number of aliphatic carboxylic acids is 1. The van der Waals surface area contributed by atoms with Crippen molar-refractivity contribution in [2.75, 3.05) is 33.4 Å². The molecule has 0 aromatic heterocycles. The quantitative estimate of drug-likeness (QED) is 0.392. The highest BCUT2D eigenvalue weighted by atomic mass is 16.5. The summed E-state index contributed by atoms with van der Waals surface area (Å²) in [5.41, 5.74) is 3.50. The summed E-state index contributed by atoms with van der Waals surface area (Å²) in [6.45, 7) is 4.81. The van der Waals surface area contributed by atoms with Crippen LogP contribution in [-0.4, -0.2) is 66.1 Å². The van der Waals surface area contributed by atoms with E-state index in [0.29, 0.717) is 37.0 Å². The number of carboxylic acids is 1. The third-order valence-electron chi connectivity index (χ3n) is 8.47. The van der Waals surface area contributed by atoms with Crippen LogP contribution in [0.1, 0.15) is 61.8 Å². The number of hydrogen-bond donors (Lipinski definition) is 1. The van der Waals surface area contributed by atoms with E-state index in [9.17, 15) is 19.5 Å². The lowest BCUT2D eigenvalue weighted by Gasteiger charge is -2.32. The van der Waals surface area contributed by atoms with E-state index in [1.807, 2.05) is 18.2 Å². The molecule has 2 aromatic rings. The monoisotopic (exact) mass is 550 g/mol. The van der Waals surface area contributed by atoms with Gasteiger partial charge in [0.2, 0.25) is 11.8 Å². The maximum Gasteiger partial charge on any atom is 0.306 e. The van der Waals surface area contributed by atoms with Gasteiger partial charge in [0.05, 0.1) is 26.2 Å². The molecule has 1 aliphatic carbocycles. The number of carbonyl (C=O) groups excluding carboxylic acids is 2. The maximum absolute atomic E-state index is 11.9. The summed E-state index contributed by atoms with van der Waals surface area (Å²) in [5.74, 6) is 1.16. The fraction of sp³-hybridized carbons (Fsp3) is 0.516. The van der Waals surface area contributed by atoms with Gasteiger partial charge in [-0.1, -0.05) is 18.2 Å². The standard InChI is InChI=1S/C31H38N2O7/c1-20(23-6-8-26-24(17-23)11-13-39-26)32(18-21-3-5-25(15-21)31(36)37)19-22-4-7-27(28(16-22)38-2)40-14-12-33-29(34)9-10-30(33)35/h4,6-8,16-17,20-21,25H,3,5,9-15,18-19H2,1-2H3,(H,36,37)/t20-,21-,25-/m1/s1. The number of nitrogens with zero attached hydrogens (tertiary/aromatic N) is 2. The summed E-state index contributed by atoms with van der Waals surface area (Å²) in [7, 11) is 1.59. The van der Waals surface area contributed by atoms with Gasteiger partial charge in [-0.3, -0.25) is 24.2 Å². The zero-order valence-corrected chi connectivity index (χ0v) is 23.3. The molecule has 5 rings (SSSR count). The lowest BCUT2D eigenvalue weighted by Crippen LogP contribution is -2.33. The number of fused-ring (bicyclic) bond motifs is 1. The molecular formula is C31H38N2O7. The Balaban J connectivity index is 1.30. The number of rotatable bonds is 12. The number of carboxylic acid groups (broad SMARTS) is 1. The molecule has 2 fully saturated rings. The molecule has 0 spiro atoms. The first-order chi connectivity index (χ1) is 19.3. The van der Waals surface area contributed by atoms with Crippen LogP contribution in [0.2, 0.25) is 0 Å². The third kappa shape index (κ3) is 6.25. The fourth-order valence-corrected chi connectivity index (χ4v) is 6.12. The van der Waals surface area contributed by atoms with Crippen molar-refractivity contribution in [1.82, 2.24) is 9.80 Å². The van der Waals surface area contributed by atoms with Crippen molar-refractivity contribution in [3.63, 3.8) is 0 Å². The summed E-state index contributed by atoms with van der Waals surface area (Å²) < 4.78 is 17.2. The van der Waals surface area contributed by atoms with Gasteiger partial charge in [-0.05, 0) is 67.0 Å². The van der Waals surface area contributed by atoms with E-state index >= 15 is 0 Å². The second-order valence-corrected chi connectivity index (χ2v) is 11.1. The Kier molecular flexibility index (Phi) is 8.59. The first-order valence-electron chi connectivity index (χ1n) is 14.2. The van der Waals surface area contributed by atoms with Gasteiger partial charge in [0.15, 0.2) is 11.5 Å². The minimum Gasteiger partial charge on any atom is -0.493 e. The van der Waals surface area contributed by atoms with Crippen LogP contribution in [0.25, 0.3) is 0 Å². The van der Waals surface area contributed by atoms with Crippen molar-refractivity contribution in [2.24, 2.45) is 11.8 Å². The Morgan fingerprint density at radius 3 is 2.62 bits per heavy atom. The predicted molar refractivity (Wildman–Crippen MR) is 147 cm³/mol. The lowest BCUT2D eigenvalue weighted by molar-refractivity contribution is -0.142. The van der Waals surface area contributed by atoms with E-state index in [4.69, 9.17) is 14.2 Å². The highest BCUT2D eigenvalue weighted by Crippen LogP contribution is 2.36. The molecule has 2 amide bonds. The molecular weight excluding hydrogens is 512 g/mol. The van der Waals surface area contributed by atoms with Crippen molar-refractivity contribution < 1.29 is 33.7 Å². The summed E-state index contributed by atoms with van der Waals surface area (Å²) in [4.78, 5) is 39.0. The number of imide groups is 1. The van der Waals surface area contributed by atoms with Crippen molar-refractivity contribution in [1.29, 1.82) is 0 Å². The van der Waals surface area contributed by atoms with Gasteiger partial charge < -0.3 is 19.3 Å². The maximum atomic E-state index is 11.9. The van der Waals surface area contributed by atoms with Gasteiger partial charge >= 0.3 is 5.97 Å². The Morgan fingerprint density at radius 1 is 1.10 bits per heavy atom. The van der Waals surface area contributed by atoms with Crippen LogP contribution in [0.5, 0.6) is 17.2 Å². The van der Waals surface area contributed by atoms with Crippen LogP contribution in [0.15, 0.2) is 36.4 Å². The van der Waals surface area contributed by atoms with Crippen molar-refractivity contribution >= 4 is 17.8 Å². The molecule has 2 aliphatic heterocycles. The highest BCUT2D eigenvalue weighted by molar-refractivity contribution is 6.01. The molecule has 214 valence electrons. The SMILES string of the molecule is COc1cc(CN(C[C@@H]2CC[C@@H](C(=O)O)C2)[C@H](C)c2ccc3c(c2)CCO3)ccc1OCCN1C(=O)CCC1=O. The zero-order chi connectivity index (χ0) is 28.2. The Hall–Kier alpha value is -3.59. The smallest absolute Gasteiger partial charge is 0.306 e. The lowest BCUT2D eigenvalue weighted by atomic mass is 9.99. The molecule has 9 nitrogen and oxygen atoms in total. The first-order valence-corrected chi connectivity index (χ1v) is 14.2. The average Bonchev–Trinajstić information content (AvgIpc) is 3.69. The molecule has 1 saturated carbocycles. The Labute approximate surface area is 235 Å². The molecule has 3 aliphatic rings. The van der Waals surface area contributed by atoms with Crippen LogP contribution >= 0.6 is 0 Å². The fourth-order valence-electron chi connectivity index (χ4n) is 6.12. The number of hydrogen-bond acceptors (Lipinski definition) is 7. The number of amides is 2. The molecule has 0 bridgehead atoms.